The van der Waals surface area contributed by atoms with Gasteiger partial charge in [0.1, 0.15) is 18.3 Å². The summed E-state index contributed by atoms with van der Waals surface area (Å²) in [6.07, 6.45) is -16.7. The molecule has 15 heteroatoms. The predicted octanol–water partition coefficient (Wildman–Crippen LogP) is 8.53. The van der Waals surface area contributed by atoms with Crippen LogP contribution in [0.25, 0.3) is 5.83 Å². The zero-order chi connectivity index (χ0) is 29.1. The van der Waals surface area contributed by atoms with E-state index in [1.54, 1.807) is 0 Å². The zero-order valence-corrected chi connectivity index (χ0v) is 21.8. The molecule has 2 rings (SSSR count). The van der Waals surface area contributed by atoms with Gasteiger partial charge < -0.3 is 5.32 Å². The summed E-state index contributed by atoms with van der Waals surface area (Å²) >= 11 is 6.10. The molecule has 0 saturated carbocycles. The molecular weight excluding hydrogens is 672 g/mol. The monoisotopic (exact) mass is 685 g/mol. The normalized spacial score (nSPS) is 13.8. The van der Waals surface area contributed by atoms with Crippen molar-refractivity contribution in [2.45, 2.75) is 37.3 Å². The molecule has 2 aromatic carbocycles. The summed E-state index contributed by atoms with van der Waals surface area (Å²) in [4.78, 5) is 23.7. The van der Waals surface area contributed by atoms with Gasteiger partial charge in [-0.1, -0.05) is 18.2 Å². The topological polar surface area (TPSA) is 46.2 Å². The minimum Gasteiger partial charge on any atom is -0.347 e. The van der Waals surface area contributed by atoms with Crippen molar-refractivity contribution < 1.29 is 53.5 Å². The third kappa shape index (κ3) is 9.10. The lowest BCUT2D eigenvalue weighted by atomic mass is 9.94. The number of nitrogens with one attached hydrogen (secondary N) is 1. The van der Waals surface area contributed by atoms with Crippen molar-refractivity contribution in [1.82, 2.24) is 5.32 Å². The highest BCUT2D eigenvalue weighted by atomic mass is 79.9. The van der Waals surface area contributed by atoms with Crippen molar-refractivity contribution in [1.29, 1.82) is 0 Å². The van der Waals surface area contributed by atoms with Crippen LogP contribution in [0.5, 0.6) is 0 Å². The largest absolute Gasteiger partial charge is 0.417 e. The van der Waals surface area contributed by atoms with Crippen LogP contribution in [0, 0.1) is 0 Å². The number of alkyl halides is 9. The highest BCUT2D eigenvalue weighted by Gasteiger charge is 2.40. The van der Waals surface area contributed by atoms with Gasteiger partial charge in [0.05, 0.1) is 5.56 Å². The third-order valence-electron chi connectivity index (χ3n) is 4.93. The summed E-state index contributed by atoms with van der Waals surface area (Å²) in [6, 6.07) is 4.69. The molecule has 0 bridgehead atoms. The second-order valence-electron chi connectivity index (χ2n) is 7.78. The molecule has 0 aromatic heterocycles. The number of allylic oxidation sites excluding steroid dienone is 1. The first-order chi connectivity index (χ1) is 17.3. The van der Waals surface area contributed by atoms with Crippen LogP contribution in [0.3, 0.4) is 0 Å². The van der Waals surface area contributed by atoms with Crippen molar-refractivity contribution in [3.63, 3.8) is 0 Å². The molecule has 1 amide bonds. The summed E-state index contributed by atoms with van der Waals surface area (Å²) in [6.45, 7) is -1.70. The Hall–Kier alpha value is -2.42. The number of carbonyl (C=O) groups excluding carboxylic acids is 2. The molecule has 1 unspecified atom stereocenters. The molecule has 0 aliphatic rings. The van der Waals surface area contributed by atoms with Gasteiger partial charge in [0.15, 0.2) is 5.78 Å². The predicted molar refractivity (Wildman–Crippen MR) is 124 cm³/mol. The number of benzene rings is 2. The number of carbonyl (C=O) groups is 2. The van der Waals surface area contributed by atoms with Gasteiger partial charge in [0, 0.05) is 32.9 Å². The van der Waals surface area contributed by atoms with E-state index in [1.165, 1.54) is 11.4 Å². The van der Waals surface area contributed by atoms with E-state index in [0.717, 1.165) is 12.1 Å². The first-order valence-electron chi connectivity index (χ1n) is 10.3. The van der Waals surface area contributed by atoms with E-state index in [1.807, 2.05) is 0 Å². The second-order valence-corrected chi connectivity index (χ2v) is 9.49. The van der Waals surface area contributed by atoms with Crippen LogP contribution in [-0.4, -0.2) is 30.6 Å². The number of rotatable bonds is 8. The van der Waals surface area contributed by atoms with Crippen LogP contribution < -0.4 is 5.32 Å². The van der Waals surface area contributed by atoms with Crippen molar-refractivity contribution in [2.24, 2.45) is 0 Å². The third-order valence-corrected chi connectivity index (χ3v) is 6.81. The molecular formula is C23H15Br2F10NO2. The van der Waals surface area contributed by atoms with Gasteiger partial charge in [-0.3, -0.25) is 9.59 Å². The quantitative estimate of drug-likeness (QED) is 0.224. The maximum Gasteiger partial charge on any atom is 0.417 e. The highest BCUT2D eigenvalue weighted by Crippen LogP contribution is 2.41. The standard InChI is InChI=1S/C23H15Br2F10NO2/c24-16-4-2-11(8-17(16)25)14(22(30,31)32)9-18(26)12-1-3-13(15(7-12)23(33,34)35)19(37)5-6-20(38)36-10-21(27,28)29/h1-4,7-9,14H,5-6,10H2,(H,36,38)/b18-9-. The fourth-order valence-corrected chi connectivity index (χ4v) is 3.79. The van der Waals surface area contributed by atoms with E-state index in [-0.39, 0.29) is 16.6 Å². The van der Waals surface area contributed by atoms with Crippen molar-refractivity contribution in [3.8, 4) is 0 Å². The molecule has 0 heterocycles. The average Bonchev–Trinajstić information content (AvgIpc) is 2.79. The fourth-order valence-electron chi connectivity index (χ4n) is 3.15. The molecule has 0 fully saturated rings. The Balaban J connectivity index is 2.38. The van der Waals surface area contributed by atoms with Crippen LogP contribution in [-0.2, 0) is 11.0 Å². The molecule has 38 heavy (non-hydrogen) atoms. The number of halogens is 12. The Morgan fingerprint density at radius 3 is 2.03 bits per heavy atom. The molecule has 2 aromatic rings. The van der Waals surface area contributed by atoms with E-state index in [0.29, 0.717) is 16.6 Å². The van der Waals surface area contributed by atoms with Gasteiger partial charge in [-0.05, 0) is 61.7 Å². The number of hydrogen-bond donors (Lipinski definition) is 1. The summed E-state index contributed by atoms with van der Waals surface area (Å²) in [5.74, 6) is -6.71. The first kappa shape index (κ1) is 31.8. The molecule has 0 saturated heterocycles. The van der Waals surface area contributed by atoms with Crippen LogP contribution in [0.4, 0.5) is 43.9 Å². The number of amides is 1. The van der Waals surface area contributed by atoms with Crippen molar-refractivity contribution in [2.75, 3.05) is 6.54 Å². The van der Waals surface area contributed by atoms with Crippen molar-refractivity contribution >= 4 is 49.4 Å². The van der Waals surface area contributed by atoms with Gasteiger partial charge in [-0.2, -0.15) is 39.5 Å². The van der Waals surface area contributed by atoms with Crippen molar-refractivity contribution in [3.05, 3.63) is 73.7 Å². The first-order valence-corrected chi connectivity index (χ1v) is 11.9. The lowest BCUT2D eigenvalue weighted by Gasteiger charge is -2.19. The Kier molecular flexibility index (Phi) is 10.2. The maximum atomic E-state index is 14.9. The molecule has 0 radical (unpaired) electrons. The summed E-state index contributed by atoms with van der Waals surface area (Å²) in [5.41, 5.74) is -4.02. The highest BCUT2D eigenvalue weighted by molar-refractivity contribution is 9.13. The lowest BCUT2D eigenvalue weighted by Crippen LogP contribution is -2.33. The fraction of sp³-hybridized carbons (Fsp3) is 0.304. The van der Waals surface area contributed by atoms with Crippen LogP contribution in [0.15, 0.2) is 51.4 Å². The minimum absolute atomic E-state index is 0.0949. The van der Waals surface area contributed by atoms with E-state index in [9.17, 15) is 53.5 Å². The molecule has 1 atom stereocenters. The van der Waals surface area contributed by atoms with Gasteiger partial charge in [0.25, 0.3) is 0 Å². The van der Waals surface area contributed by atoms with Gasteiger partial charge >= 0.3 is 18.5 Å². The minimum atomic E-state index is -5.25. The van der Waals surface area contributed by atoms with Crippen LogP contribution >= 0.6 is 31.9 Å². The van der Waals surface area contributed by atoms with E-state index in [2.05, 4.69) is 31.9 Å². The van der Waals surface area contributed by atoms with Gasteiger partial charge in [-0.15, -0.1) is 0 Å². The molecule has 0 aliphatic heterocycles. The molecule has 1 N–H and O–H groups in total. The lowest BCUT2D eigenvalue weighted by molar-refractivity contribution is -0.140. The Morgan fingerprint density at radius 1 is 0.868 bits per heavy atom. The second kappa shape index (κ2) is 12.2. The van der Waals surface area contributed by atoms with E-state index < -0.39 is 83.6 Å². The Labute approximate surface area is 225 Å². The number of ketones is 1. The van der Waals surface area contributed by atoms with Gasteiger partial charge in [0.2, 0.25) is 5.91 Å². The zero-order valence-electron chi connectivity index (χ0n) is 18.6. The van der Waals surface area contributed by atoms with E-state index in [4.69, 9.17) is 0 Å². The average molecular weight is 687 g/mol. The van der Waals surface area contributed by atoms with Crippen LogP contribution in [0.1, 0.15) is 45.8 Å². The SMILES string of the molecule is O=C(CCC(=O)c1ccc(/C(F)=C/C(c2ccc(Br)c(Br)c2)C(F)(F)F)cc1C(F)(F)F)NCC(F)(F)F. The number of Topliss-reactive ketones (excluding diaryl/α,β-unsaturated/α-hetero) is 1. The Morgan fingerprint density at radius 2 is 1.50 bits per heavy atom. The van der Waals surface area contributed by atoms with Crippen LogP contribution in [0.2, 0.25) is 0 Å². The Bertz CT molecular complexity index is 1220. The summed E-state index contributed by atoms with van der Waals surface area (Å²) in [5, 5.41) is 1.46. The molecule has 0 aliphatic carbocycles. The molecule has 208 valence electrons. The van der Waals surface area contributed by atoms with E-state index >= 15 is 0 Å². The smallest absolute Gasteiger partial charge is 0.347 e. The number of hydrogen-bond acceptors (Lipinski definition) is 2. The molecule has 0 spiro atoms. The summed E-state index contributed by atoms with van der Waals surface area (Å²) in [7, 11) is 0. The summed E-state index contributed by atoms with van der Waals surface area (Å²) < 4.78 is 134. The van der Waals surface area contributed by atoms with Gasteiger partial charge in [-0.25, -0.2) is 4.39 Å². The maximum absolute atomic E-state index is 14.9. The molecule has 3 nitrogen and oxygen atoms in total.